The molecule has 6 heteroatoms. The molecule has 2 fully saturated rings. The van der Waals surface area contributed by atoms with Gasteiger partial charge in [0, 0.05) is 19.6 Å². The molecule has 1 spiro atoms. The van der Waals surface area contributed by atoms with Crippen molar-refractivity contribution in [1.82, 2.24) is 9.62 Å². The summed E-state index contributed by atoms with van der Waals surface area (Å²) >= 11 is 1.60. The van der Waals surface area contributed by atoms with Crippen LogP contribution in [0.25, 0.3) is 0 Å². The molecule has 1 N–H and O–H groups in total. The van der Waals surface area contributed by atoms with E-state index in [2.05, 4.69) is 4.72 Å². The van der Waals surface area contributed by atoms with Gasteiger partial charge in [-0.1, -0.05) is 11.9 Å². The molecule has 0 aliphatic carbocycles. The summed E-state index contributed by atoms with van der Waals surface area (Å²) < 4.78 is 14.5. The largest absolute Gasteiger partial charge is 0.444 e. The van der Waals surface area contributed by atoms with Crippen LogP contribution in [0, 0.1) is 0 Å². The van der Waals surface area contributed by atoms with Crippen LogP contribution >= 0.6 is 11.9 Å². The molecule has 0 atom stereocenters. The molecule has 2 rings (SSSR count). The number of nitrogens with zero attached hydrogens (tertiary/aromatic N) is 1. The standard InChI is InChI=1S/C12H22N2O3S/c1-11(2,3)17-10(15)14-6-4-12(5-7-14)8-13-18-9-16-12/h13H,4-9H2,1-3H3. The van der Waals surface area contributed by atoms with Gasteiger partial charge in [-0.05, 0) is 33.6 Å². The first-order chi connectivity index (χ1) is 8.40. The third kappa shape index (κ3) is 3.52. The third-order valence-electron chi connectivity index (χ3n) is 3.25. The lowest BCUT2D eigenvalue weighted by Crippen LogP contribution is -2.54. The van der Waals surface area contributed by atoms with Gasteiger partial charge < -0.3 is 14.4 Å². The summed E-state index contributed by atoms with van der Waals surface area (Å²) in [5.41, 5.74) is -0.504. The molecule has 0 bridgehead atoms. The van der Waals surface area contributed by atoms with Crippen LogP contribution in [0.3, 0.4) is 0 Å². The predicted octanol–water partition coefficient (Wildman–Crippen LogP) is 1.98. The summed E-state index contributed by atoms with van der Waals surface area (Å²) in [7, 11) is 0. The van der Waals surface area contributed by atoms with Gasteiger partial charge in [-0.15, -0.1) is 0 Å². The molecule has 2 heterocycles. The SMILES string of the molecule is CC(C)(C)OC(=O)N1CCC2(CC1)CNSCO2. The highest BCUT2D eigenvalue weighted by Gasteiger charge is 2.39. The average molecular weight is 274 g/mol. The van der Waals surface area contributed by atoms with E-state index < -0.39 is 5.60 Å². The van der Waals surface area contributed by atoms with Crippen molar-refractivity contribution < 1.29 is 14.3 Å². The zero-order valence-corrected chi connectivity index (χ0v) is 12.1. The van der Waals surface area contributed by atoms with E-state index in [9.17, 15) is 4.79 Å². The molecular weight excluding hydrogens is 252 g/mol. The molecule has 104 valence electrons. The second-order valence-electron chi connectivity index (χ2n) is 5.88. The molecule has 2 saturated heterocycles. The van der Waals surface area contributed by atoms with Gasteiger partial charge in [-0.2, -0.15) is 0 Å². The molecule has 0 unspecified atom stereocenters. The molecule has 2 aliphatic rings. The summed E-state index contributed by atoms with van der Waals surface area (Å²) in [5.74, 6) is 0.687. The van der Waals surface area contributed by atoms with Crippen molar-refractivity contribution in [3.8, 4) is 0 Å². The van der Waals surface area contributed by atoms with Gasteiger partial charge >= 0.3 is 6.09 Å². The number of likely N-dealkylation sites (tertiary alicyclic amines) is 1. The zero-order valence-electron chi connectivity index (χ0n) is 11.3. The Morgan fingerprint density at radius 3 is 2.56 bits per heavy atom. The van der Waals surface area contributed by atoms with E-state index in [1.807, 2.05) is 20.8 Å². The smallest absolute Gasteiger partial charge is 0.410 e. The second-order valence-corrected chi connectivity index (χ2v) is 6.69. The number of piperidine rings is 1. The van der Waals surface area contributed by atoms with Gasteiger partial charge in [-0.25, -0.2) is 4.79 Å². The fourth-order valence-electron chi connectivity index (χ4n) is 2.17. The highest BCUT2D eigenvalue weighted by molar-refractivity contribution is 7.97. The van der Waals surface area contributed by atoms with Gasteiger partial charge in [0.15, 0.2) is 0 Å². The Balaban J connectivity index is 1.84. The van der Waals surface area contributed by atoms with Gasteiger partial charge in [-0.3, -0.25) is 4.72 Å². The summed E-state index contributed by atoms with van der Waals surface area (Å²) in [6.45, 7) is 7.95. The minimum absolute atomic E-state index is 0.0796. The maximum Gasteiger partial charge on any atom is 0.410 e. The van der Waals surface area contributed by atoms with Crippen LogP contribution in [0.4, 0.5) is 4.79 Å². The predicted molar refractivity (Wildman–Crippen MR) is 71.3 cm³/mol. The quantitative estimate of drug-likeness (QED) is 0.685. The van der Waals surface area contributed by atoms with Crippen LogP contribution in [0.1, 0.15) is 33.6 Å². The van der Waals surface area contributed by atoms with Crippen molar-refractivity contribution >= 4 is 18.0 Å². The van der Waals surface area contributed by atoms with Crippen molar-refractivity contribution in [3.63, 3.8) is 0 Å². The Kier molecular flexibility index (Phi) is 4.08. The molecule has 0 saturated carbocycles. The minimum atomic E-state index is -0.425. The molecule has 5 nitrogen and oxygen atoms in total. The molecule has 0 aromatic carbocycles. The Morgan fingerprint density at radius 2 is 2.06 bits per heavy atom. The van der Waals surface area contributed by atoms with Crippen molar-refractivity contribution in [2.45, 2.75) is 44.8 Å². The van der Waals surface area contributed by atoms with Gasteiger partial charge in [0.05, 0.1) is 5.60 Å². The first-order valence-corrected chi connectivity index (χ1v) is 7.35. The lowest BCUT2D eigenvalue weighted by Gasteiger charge is -2.43. The van der Waals surface area contributed by atoms with E-state index in [0.717, 1.165) is 19.4 Å². The Hall–Kier alpha value is -0.460. The molecule has 2 aliphatic heterocycles. The lowest BCUT2D eigenvalue weighted by atomic mass is 9.91. The molecule has 18 heavy (non-hydrogen) atoms. The lowest BCUT2D eigenvalue weighted by molar-refractivity contribution is -0.0671. The van der Waals surface area contributed by atoms with Crippen molar-refractivity contribution in [3.05, 3.63) is 0 Å². The maximum absolute atomic E-state index is 11.9. The van der Waals surface area contributed by atoms with Crippen LogP contribution in [0.5, 0.6) is 0 Å². The first-order valence-electron chi connectivity index (χ1n) is 6.37. The summed E-state index contributed by atoms with van der Waals surface area (Å²) in [6, 6.07) is 0. The van der Waals surface area contributed by atoms with Crippen LogP contribution in [0.15, 0.2) is 0 Å². The molecule has 0 aromatic rings. The van der Waals surface area contributed by atoms with Crippen molar-refractivity contribution in [2.75, 3.05) is 25.6 Å². The van der Waals surface area contributed by atoms with Crippen LogP contribution in [-0.4, -0.2) is 47.8 Å². The van der Waals surface area contributed by atoms with Crippen LogP contribution in [-0.2, 0) is 9.47 Å². The van der Waals surface area contributed by atoms with E-state index in [0.29, 0.717) is 19.0 Å². The fourth-order valence-corrected chi connectivity index (χ4v) is 2.93. The highest BCUT2D eigenvalue weighted by Crippen LogP contribution is 2.30. The Morgan fingerprint density at radius 1 is 1.39 bits per heavy atom. The van der Waals surface area contributed by atoms with E-state index >= 15 is 0 Å². The molecular formula is C12H22N2O3S. The molecule has 0 radical (unpaired) electrons. The summed E-state index contributed by atoms with van der Waals surface area (Å²) in [6.07, 6.45) is 1.54. The molecule has 0 aromatic heterocycles. The number of carbonyl (C=O) groups is 1. The number of carbonyl (C=O) groups excluding carboxylic acids is 1. The number of nitrogens with one attached hydrogen (secondary N) is 1. The van der Waals surface area contributed by atoms with Gasteiger partial charge in [0.25, 0.3) is 0 Å². The average Bonchev–Trinajstić information content (AvgIpc) is 2.28. The first kappa shape index (κ1) is 14.0. The topological polar surface area (TPSA) is 50.8 Å². The summed E-state index contributed by atoms with van der Waals surface area (Å²) in [5, 5.41) is 0. The number of rotatable bonds is 0. The van der Waals surface area contributed by atoms with E-state index in [1.54, 1.807) is 16.8 Å². The number of hydrogen-bond donors (Lipinski definition) is 1. The Labute approximate surface area is 113 Å². The fraction of sp³-hybridized carbons (Fsp3) is 0.917. The normalized spacial score (nSPS) is 24.1. The van der Waals surface area contributed by atoms with Crippen molar-refractivity contribution in [2.24, 2.45) is 0 Å². The van der Waals surface area contributed by atoms with Crippen molar-refractivity contribution in [1.29, 1.82) is 0 Å². The van der Waals surface area contributed by atoms with Crippen LogP contribution in [0.2, 0.25) is 0 Å². The van der Waals surface area contributed by atoms with Gasteiger partial charge in [0.2, 0.25) is 0 Å². The number of amides is 1. The van der Waals surface area contributed by atoms with E-state index in [1.165, 1.54) is 0 Å². The van der Waals surface area contributed by atoms with E-state index in [4.69, 9.17) is 9.47 Å². The number of ether oxygens (including phenoxy) is 2. The molecule has 1 amide bonds. The Bertz CT molecular complexity index is 301. The van der Waals surface area contributed by atoms with Gasteiger partial charge in [0.1, 0.15) is 11.5 Å². The third-order valence-corrected chi connectivity index (χ3v) is 3.83. The van der Waals surface area contributed by atoms with E-state index in [-0.39, 0.29) is 11.7 Å². The van der Waals surface area contributed by atoms with Crippen LogP contribution < -0.4 is 4.72 Å². The second kappa shape index (κ2) is 5.27. The zero-order chi connectivity index (χ0) is 13.2. The number of hydrogen-bond acceptors (Lipinski definition) is 5. The minimum Gasteiger partial charge on any atom is -0.444 e. The highest BCUT2D eigenvalue weighted by atomic mass is 32.2. The maximum atomic E-state index is 11.9. The summed E-state index contributed by atoms with van der Waals surface area (Å²) in [4.78, 5) is 13.7. The monoisotopic (exact) mass is 274 g/mol.